The van der Waals surface area contributed by atoms with Crippen molar-refractivity contribution in [3.8, 4) is 0 Å². The summed E-state index contributed by atoms with van der Waals surface area (Å²) in [5, 5.41) is 5.78. The van der Waals surface area contributed by atoms with Gasteiger partial charge in [-0.2, -0.15) is 0 Å². The van der Waals surface area contributed by atoms with E-state index in [-0.39, 0.29) is 5.91 Å². The smallest absolute Gasteiger partial charge is 0.216 e. The molecular formula is C9H14N4O. The van der Waals surface area contributed by atoms with E-state index in [1.165, 1.54) is 6.92 Å². The number of nitrogens with one attached hydrogen (secondary N) is 2. The van der Waals surface area contributed by atoms with Crippen LogP contribution in [0.3, 0.4) is 0 Å². The summed E-state index contributed by atoms with van der Waals surface area (Å²) in [6, 6.07) is 3.57. The molecule has 1 rings (SSSR count). The average Bonchev–Trinajstić information content (AvgIpc) is 2.15. The van der Waals surface area contributed by atoms with Crippen molar-refractivity contribution in [2.24, 2.45) is 0 Å². The number of rotatable bonds is 4. The summed E-state index contributed by atoms with van der Waals surface area (Å²) in [4.78, 5) is 14.5. The highest BCUT2D eigenvalue weighted by Crippen LogP contribution is 2.05. The van der Waals surface area contributed by atoms with E-state index in [1.54, 1.807) is 12.3 Å². The third-order valence-electron chi connectivity index (χ3n) is 1.61. The molecule has 0 atom stereocenters. The van der Waals surface area contributed by atoms with Gasteiger partial charge in [-0.3, -0.25) is 4.79 Å². The summed E-state index contributed by atoms with van der Waals surface area (Å²) in [6.45, 7) is 2.76. The predicted octanol–water partition coefficient (Wildman–Crippen LogP) is 0.212. The standard InChI is InChI=1S/C9H14N4O/c1-7(14)11-4-5-12-8-2-3-9(10)13-6-8/h2-3,6,12H,4-5H2,1H3,(H2,10,13)(H,11,14). The SMILES string of the molecule is CC(=O)NCCNc1ccc(N)nc1. The summed E-state index contributed by atoms with van der Waals surface area (Å²) >= 11 is 0. The molecule has 0 unspecified atom stereocenters. The van der Waals surface area contributed by atoms with Gasteiger partial charge in [0.25, 0.3) is 0 Å². The number of nitrogens with two attached hydrogens (primary N) is 1. The van der Waals surface area contributed by atoms with Crippen molar-refractivity contribution in [2.75, 3.05) is 24.1 Å². The summed E-state index contributed by atoms with van der Waals surface area (Å²) in [5.41, 5.74) is 6.32. The molecule has 5 heteroatoms. The number of nitrogens with zero attached hydrogens (tertiary/aromatic N) is 1. The van der Waals surface area contributed by atoms with Crippen molar-refractivity contribution < 1.29 is 4.79 Å². The molecule has 1 heterocycles. The largest absolute Gasteiger partial charge is 0.384 e. The Morgan fingerprint density at radius 2 is 2.29 bits per heavy atom. The van der Waals surface area contributed by atoms with Crippen molar-refractivity contribution in [1.29, 1.82) is 0 Å². The summed E-state index contributed by atoms with van der Waals surface area (Å²) < 4.78 is 0. The lowest BCUT2D eigenvalue weighted by atomic mass is 10.4. The monoisotopic (exact) mass is 194 g/mol. The van der Waals surface area contributed by atoms with Crippen molar-refractivity contribution in [2.45, 2.75) is 6.92 Å². The molecule has 1 aromatic heterocycles. The number of pyridine rings is 1. The first-order valence-corrected chi connectivity index (χ1v) is 4.38. The van der Waals surface area contributed by atoms with Gasteiger partial charge in [0.05, 0.1) is 11.9 Å². The molecule has 0 aliphatic rings. The Morgan fingerprint density at radius 3 is 2.86 bits per heavy atom. The van der Waals surface area contributed by atoms with Crippen molar-refractivity contribution in [1.82, 2.24) is 10.3 Å². The molecule has 76 valence electrons. The van der Waals surface area contributed by atoms with E-state index in [1.807, 2.05) is 6.07 Å². The van der Waals surface area contributed by atoms with E-state index >= 15 is 0 Å². The van der Waals surface area contributed by atoms with Crippen LogP contribution in [0.4, 0.5) is 11.5 Å². The first kappa shape index (κ1) is 10.3. The maximum Gasteiger partial charge on any atom is 0.216 e. The van der Waals surface area contributed by atoms with Gasteiger partial charge in [0.2, 0.25) is 5.91 Å². The van der Waals surface area contributed by atoms with Crippen molar-refractivity contribution in [3.63, 3.8) is 0 Å². The van der Waals surface area contributed by atoms with Gasteiger partial charge < -0.3 is 16.4 Å². The molecule has 0 bridgehead atoms. The van der Waals surface area contributed by atoms with Gasteiger partial charge in [0.15, 0.2) is 0 Å². The second-order valence-corrected chi connectivity index (χ2v) is 2.88. The van der Waals surface area contributed by atoms with Gasteiger partial charge >= 0.3 is 0 Å². The quantitative estimate of drug-likeness (QED) is 0.599. The van der Waals surface area contributed by atoms with Gasteiger partial charge in [-0.1, -0.05) is 0 Å². The zero-order valence-electron chi connectivity index (χ0n) is 8.08. The molecule has 0 radical (unpaired) electrons. The van der Waals surface area contributed by atoms with Gasteiger partial charge in [-0.15, -0.1) is 0 Å². The molecule has 0 fully saturated rings. The third-order valence-corrected chi connectivity index (χ3v) is 1.61. The Morgan fingerprint density at radius 1 is 1.50 bits per heavy atom. The number of amides is 1. The summed E-state index contributed by atoms with van der Waals surface area (Å²) in [6.07, 6.45) is 1.66. The van der Waals surface area contributed by atoms with E-state index in [9.17, 15) is 4.79 Å². The van der Waals surface area contributed by atoms with Crippen molar-refractivity contribution in [3.05, 3.63) is 18.3 Å². The van der Waals surface area contributed by atoms with Crippen LogP contribution >= 0.6 is 0 Å². The minimum Gasteiger partial charge on any atom is -0.384 e. The minimum atomic E-state index is -0.0257. The number of hydrogen-bond donors (Lipinski definition) is 3. The Balaban J connectivity index is 2.25. The maximum atomic E-state index is 10.5. The van der Waals surface area contributed by atoms with Crippen LogP contribution in [0.15, 0.2) is 18.3 Å². The molecule has 1 aromatic rings. The fourth-order valence-electron chi connectivity index (χ4n) is 0.955. The van der Waals surface area contributed by atoms with E-state index in [0.29, 0.717) is 18.9 Å². The summed E-state index contributed by atoms with van der Waals surface area (Å²) in [5.74, 6) is 0.472. The van der Waals surface area contributed by atoms with Crippen LogP contribution in [0.5, 0.6) is 0 Å². The normalized spacial score (nSPS) is 9.50. The van der Waals surface area contributed by atoms with Crippen LogP contribution in [0.1, 0.15) is 6.92 Å². The number of carbonyl (C=O) groups is 1. The van der Waals surface area contributed by atoms with Crippen LogP contribution < -0.4 is 16.4 Å². The van der Waals surface area contributed by atoms with Crippen molar-refractivity contribution >= 4 is 17.4 Å². The van der Waals surface area contributed by atoms with E-state index in [4.69, 9.17) is 5.73 Å². The van der Waals surface area contributed by atoms with Crippen LogP contribution in [-0.4, -0.2) is 24.0 Å². The Hall–Kier alpha value is -1.78. The number of carbonyl (C=O) groups excluding carboxylic acids is 1. The average molecular weight is 194 g/mol. The third kappa shape index (κ3) is 3.75. The fourth-order valence-corrected chi connectivity index (χ4v) is 0.955. The maximum absolute atomic E-state index is 10.5. The number of hydrogen-bond acceptors (Lipinski definition) is 4. The molecule has 5 nitrogen and oxygen atoms in total. The zero-order valence-corrected chi connectivity index (χ0v) is 8.08. The van der Waals surface area contributed by atoms with Gasteiger partial charge in [-0.05, 0) is 12.1 Å². The van der Waals surface area contributed by atoms with E-state index < -0.39 is 0 Å². The number of aromatic nitrogens is 1. The molecule has 4 N–H and O–H groups in total. The Labute approximate surface area is 82.7 Å². The molecule has 14 heavy (non-hydrogen) atoms. The van der Waals surface area contributed by atoms with Crippen LogP contribution in [0.2, 0.25) is 0 Å². The van der Waals surface area contributed by atoms with Crippen LogP contribution in [-0.2, 0) is 4.79 Å². The number of nitrogen functional groups attached to an aromatic ring is 1. The Kier molecular flexibility index (Phi) is 3.72. The zero-order chi connectivity index (χ0) is 10.4. The van der Waals surface area contributed by atoms with Crippen LogP contribution in [0, 0.1) is 0 Å². The lowest BCUT2D eigenvalue weighted by molar-refractivity contribution is -0.118. The molecule has 0 saturated carbocycles. The first-order chi connectivity index (χ1) is 6.68. The molecule has 0 saturated heterocycles. The predicted molar refractivity (Wildman–Crippen MR) is 55.8 cm³/mol. The van der Waals surface area contributed by atoms with Gasteiger partial charge in [-0.25, -0.2) is 4.98 Å². The highest BCUT2D eigenvalue weighted by molar-refractivity contribution is 5.72. The van der Waals surface area contributed by atoms with E-state index in [0.717, 1.165) is 5.69 Å². The van der Waals surface area contributed by atoms with Crippen LogP contribution in [0.25, 0.3) is 0 Å². The second-order valence-electron chi connectivity index (χ2n) is 2.88. The molecule has 0 spiro atoms. The molecule has 0 aliphatic carbocycles. The van der Waals surface area contributed by atoms with Gasteiger partial charge in [0, 0.05) is 20.0 Å². The first-order valence-electron chi connectivity index (χ1n) is 4.38. The summed E-state index contributed by atoms with van der Waals surface area (Å²) in [7, 11) is 0. The highest BCUT2D eigenvalue weighted by Gasteiger charge is 1.92. The number of anilines is 2. The van der Waals surface area contributed by atoms with E-state index in [2.05, 4.69) is 15.6 Å². The second kappa shape index (κ2) is 5.06. The fraction of sp³-hybridized carbons (Fsp3) is 0.333. The lowest BCUT2D eigenvalue weighted by Gasteiger charge is -2.05. The lowest BCUT2D eigenvalue weighted by Crippen LogP contribution is -2.26. The highest BCUT2D eigenvalue weighted by atomic mass is 16.1. The van der Waals surface area contributed by atoms with Gasteiger partial charge in [0.1, 0.15) is 5.82 Å². The molecule has 0 aromatic carbocycles. The topological polar surface area (TPSA) is 80.0 Å². The molecular weight excluding hydrogens is 180 g/mol. The molecule has 1 amide bonds. The Bertz CT molecular complexity index is 296. The minimum absolute atomic E-state index is 0.0257. The molecule has 0 aliphatic heterocycles.